The number of aryl methyl sites for hydroxylation is 3. The molecule has 0 bridgehead atoms. The summed E-state index contributed by atoms with van der Waals surface area (Å²) in [7, 11) is 0. The predicted octanol–water partition coefficient (Wildman–Crippen LogP) is 3.13. The van der Waals surface area contributed by atoms with Gasteiger partial charge in [-0.1, -0.05) is 17.7 Å². The number of anilines is 1. The zero-order valence-corrected chi connectivity index (χ0v) is 10.7. The maximum Gasteiger partial charge on any atom is 0.0643 e. The van der Waals surface area contributed by atoms with Gasteiger partial charge in [0.1, 0.15) is 0 Å². The summed E-state index contributed by atoms with van der Waals surface area (Å²) in [6.07, 6.45) is 2.11. The van der Waals surface area contributed by atoms with Gasteiger partial charge in [-0.2, -0.15) is 5.10 Å². The molecule has 2 aromatic rings. The summed E-state index contributed by atoms with van der Waals surface area (Å²) in [6, 6.07) is 8.44. The number of nitrogens with one attached hydrogen (secondary N) is 1. The fourth-order valence-electron chi connectivity index (χ4n) is 1.76. The Morgan fingerprint density at radius 1 is 1.18 bits per heavy atom. The Labute approximate surface area is 102 Å². The van der Waals surface area contributed by atoms with Gasteiger partial charge in [0.15, 0.2) is 0 Å². The average molecular weight is 229 g/mol. The van der Waals surface area contributed by atoms with Crippen LogP contribution in [0.2, 0.25) is 0 Å². The third kappa shape index (κ3) is 2.87. The number of benzene rings is 1. The molecular formula is C14H19N3. The van der Waals surface area contributed by atoms with E-state index in [9.17, 15) is 0 Å². The highest BCUT2D eigenvalue weighted by atomic mass is 15.3. The fraction of sp³-hybridized carbons (Fsp3) is 0.357. The molecule has 1 aromatic carbocycles. The lowest BCUT2D eigenvalue weighted by Gasteiger charge is -2.05. The molecule has 2 rings (SSSR count). The van der Waals surface area contributed by atoms with E-state index in [0.717, 1.165) is 24.5 Å². The van der Waals surface area contributed by atoms with Crippen molar-refractivity contribution in [2.45, 2.75) is 33.9 Å². The van der Waals surface area contributed by atoms with Crippen molar-refractivity contribution in [1.82, 2.24) is 9.78 Å². The Bertz CT molecular complexity index is 483. The number of hydrogen-bond acceptors (Lipinski definition) is 2. The van der Waals surface area contributed by atoms with Crippen LogP contribution in [-0.4, -0.2) is 9.78 Å². The van der Waals surface area contributed by atoms with E-state index >= 15 is 0 Å². The van der Waals surface area contributed by atoms with Gasteiger partial charge in [-0.25, -0.2) is 0 Å². The molecule has 0 amide bonds. The lowest BCUT2D eigenvalue weighted by atomic mass is 10.2. The fourth-order valence-corrected chi connectivity index (χ4v) is 1.76. The molecule has 3 heteroatoms. The lowest BCUT2D eigenvalue weighted by molar-refractivity contribution is 0.653. The first kappa shape index (κ1) is 11.7. The molecule has 1 aromatic heterocycles. The van der Waals surface area contributed by atoms with Gasteiger partial charge in [-0.15, -0.1) is 0 Å². The van der Waals surface area contributed by atoms with E-state index in [1.165, 1.54) is 11.1 Å². The first-order chi connectivity index (χ1) is 8.19. The zero-order chi connectivity index (χ0) is 12.3. The maximum atomic E-state index is 4.43. The number of nitrogens with zero attached hydrogens (tertiary/aromatic N) is 2. The molecule has 90 valence electrons. The lowest BCUT2D eigenvalue weighted by Crippen LogP contribution is -1.99. The molecule has 0 spiro atoms. The minimum absolute atomic E-state index is 0.828. The molecule has 0 aliphatic carbocycles. The molecule has 0 saturated heterocycles. The summed E-state index contributed by atoms with van der Waals surface area (Å²) < 4.78 is 1.97. The highest BCUT2D eigenvalue weighted by Gasteiger charge is 2.03. The van der Waals surface area contributed by atoms with Crippen molar-refractivity contribution in [1.29, 1.82) is 0 Å². The normalized spacial score (nSPS) is 10.5. The summed E-state index contributed by atoms with van der Waals surface area (Å²) in [5.41, 5.74) is 4.80. The molecular weight excluding hydrogens is 210 g/mol. The quantitative estimate of drug-likeness (QED) is 0.873. The number of aromatic nitrogens is 2. The van der Waals surface area contributed by atoms with Crippen molar-refractivity contribution in [3.05, 3.63) is 47.3 Å². The second-order valence-corrected chi connectivity index (χ2v) is 4.32. The number of hydrogen-bond donors (Lipinski definition) is 1. The van der Waals surface area contributed by atoms with Crippen LogP contribution in [0.1, 0.15) is 23.7 Å². The van der Waals surface area contributed by atoms with E-state index in [1.54, 1.807) is 0 Å². The van der Waals surface area contributed by atoms with E-state index in [4.69, 9.17) is 0 Å². The first-order valence-electron chi connectivity index (χ1n) is 6.02. The maximum absolute atomic E-state index is 4.43. The average Bonchev–Trinajstić information content (AvgIpc) is 2.69. The van der Waals surface area contributed by atoms with Crippen molar-refractivity contribution in [3.8, 4) is 0 Å². The Hall–Kier alpha value is -1.77. The van der Waals surface area contributed by atoms with Crippen LogP contribution in [0.15, 0.2) is 30.5 Å². The van der Waals surface area contributed by atoms with Crippen LogP contribution in [0, 0.1) is 13.8 Å². The summed E-state index contributed by atoms with van der Waals surface area (Å²) >= 11 is 0. The number of rotatable bonds is 4. The second kappa shape index (κ2) is 5.04. The molecule has 1 heterocycles. The molecule has 0 aliphatic heterocycles. The molecule has 0 radical (unpaired) electrons. The molecule has 0 unspecified atom stereocenters. The Morgan fingerprint density at radius 3 is 2.47 bits per heavy atom. The van der Waals surface area contributed by atoms with E-state index in [0.29, 0.717) is 0 Å². The van der Waals surface area contributed by atoms with E-state index in [1.807, 2.05) is 4.68 Å². The topological polar surface area (TPSA) is 29.9 Å². The molecule has 1 N–H and O–H groups in total. The summed E-state index contributed by atoms with van der Waals surface area (Å²) in [5, 5.41) is 7.85. The van der Waals surface area contributed by atoms with Crippen LogP contribution in [0.3, 0.4) is 0 Å². The van der Waals surface area contributed by atoms with Crippen molar-refractivity contribution in [2.24, 2.45) is 0 Å². The molecule has 0 aliphatic rings. The Balaban J connectivity index is 2.01. The Morgan fingerprint density at radius 2 is 1.88 bits per heavy atom. The first-order valence-corrected chi connectivity index (χ1v) is 6.02. The molecule has 0 fully saturated rings. The van der Waals surface area contributed by atoms with E-state index < -0.39 is 0 Å². The molecule has 17 heavy (non-hydrogen) atoms. The van der Waals surface area contributed by atoms with Crippen molar-refractivity contribution < 1.29 is 0 Å². The van der Waals surface area contributed by atoms with Crippen molar-refractivity contribution in [3.63, 3.8) is 0 Å². The van der Waals surface area contributed by atoms with Gasteiger partial charge in [0.05, 0.1) is 5.69 Å². The van der Waals surface area contributed by atoms with Crippen LogP contribution >= 0.6 is 0 Å². The van der Waals surface area contributed by atoms with Gasteiger partial charge < -0.3 is 5.32 Å². The zero-order valence-electron chi connectivity index (χ0n) is 10.7. The van der Waals surface area contributed by atoms with Crippen molar-refractivity contribution >= 4 is 5.69 Å². The summed E-state index contributed by atoms with van der Waals surface area (Å²) in [5.74, 6) is 0. The molecule has 0 atom stereocenters. The largest absolute Gasteiger partial charge is 0.381 e. The highest BCUT2D eigenvalue weighted by Crippen LogP contribution is 2.12. The highest BCUT2D eigenvalue weighted by molar-refractivity contribution is 5.45. The van der Waals surface area contributed by atoms with Gasteiger partial charge in [0.25, 0.3) is 0 Å². The third-order valence-corrected chi connectivity index (χ3v) is 2.91. The van der Waals surface area contributed by atoms with Crippen LogP contribution < -0.4 is 5.32 Å². The predicted molar refractivity (Wildman–Crippen MR) is 71.1 cm³/mol. The Kier molecular flexibility index (Phi) is 3.47. The van der Waals surface area contributed by atoms with Gasteiger partial charge in [0.2, 0.25) is 0 Å². The standard InChI is InChI=1S/C14H19N3/c1-4-17-10-13(12(3)16-17)9-15-14-7-5-11(2)6-8-14/h5-8,10,15H,4,9H2,1-3H3. The van der Waals surface area contributed by atoms with Crippen LogP contribution in [-0.2, 0) is 13.1 Å². The van der Waals surface area contributed by atoms with Crippen LogP contribution in [0.5, 0.6) is 0 Å². The minimum atomic E-state index is 0.828. The van der Waals surface area contributed by atoms with Crippen LogP contribution in [0.25, 0.3) is 0 Å². The SMILES string of the molecule is CCn1cc(CNc2ccc(C)cc2)c(C)n1. The van der Waals surface area contributed by atoms with E-state index in [-0.39, 0.29) is 0 Å². The van der Waals surface area contributed by atoms with Gasteiger partial charge in [0, 0.05) is 30.5 Å². The minimum Gasteiger partial charge on any atom is -0.381 e. The van der Waals surface area contributed by atoms with Crippen LogP contribution in [0.4, 0.5) is 5.69 Å². The summed E-state index contributed by atoms with van der Waals surface area (Å²) in [6.45, 7) is 8.00. The van der Waals surface area contributed by atoms with Gasteiger partial charge in [-0.05, 0) is 32.9 Å². The monoisotopic (exact) mass is 229 g/mol. The van der Waals surface area contributed by atoms with E-state index in [2.05, 4.69) is 61.6 Å². The second-order valence-electron chi connectivity index (χ2n) is 4.32. The third-order valence-electron chi connectivity index (χ3n) is 2.91. The van der Waals surface area contributed by atoms with Gasteiger partial charge >= 0.3 is 0 Å². The smallest absolute Gasteiger partial charge is 0.0643 e. The van der Waals surface area contributed by atoms with Gasteiger partial charge in [-0.3, -0.25) is 4.68 Å². The van der Waals surface area contributed by atoms with Crippen molar-refractivity contribution in [2.75, 3.05) is 5.32 Å². The molecule has 3 nitrogen and oxygen atoms in total. The summed E-state index contributed by atoms with van der Waals surface area (Å²) in [4.78, 5) is 0. The molecule has 0 saturated carbocycles.